The highest BCUT2D eigenvalue weighted by Crippen LogP contribution is 2.26. The molecule has 0 aliphatic carbocycles. The zero-order chi connectivity index (χ0) is 18.4. The zero-order valence-electron chi connectivity index (χ0n) is 14.4. The van der Waals surface area contributed by atoms with Crippen molar-refractivity contribution in [2.24, 2.45) is 0 Å². The lowest BCUT2D eigenvalue weighted by Gasteiger charge is -2.12. The molecule has 25 heavy (non-hydrogen) atoms. The van der Waals surface area contributed by atoms with Gasteiger partial charge in [0.2, 0.25) is 0 Å². The number of rotatable bonds is 7. The third kappa shape index (κ3) is 4.96. The average Bonchev–Trinajstić information content (AvgIpc) is 2.56. The maximum absolute atomic E-state index is 12.6. The number of esters is 1. The molecule has 2 aromatic rings. The van der Waals surface area contributed by atoms with Crippen molar-refractivity contribution in [1.82, 2.24) is 0 Å². The van der Waals surface area contributed by atoms with Crippen LogP contribution in [0.1, 0.15) is 18.1 Å². The highest BCUT2D eigenvalue weighted by atomic mass is 32.2. The Morgan fingerprint density at radius 1 is 1.12 bits per heavy atom. The number of aryl methyl sites for hydroxylation is 1. The van der Waals surface area contributed by atoms with Gasteiger partial charge < -0.3 is 9.47 Å². The molecule has 0 saturated carbocycles. The quantitative estimate of drug-likeness (QED) is 0.765. The van der Waals surface area contributed by atoms with Crippen molar-refractivity contribution >= 4 is 21.7 Å². The Labute approximate surface area is 147 Å². The number of hydrogen-bond donors (Lipinski definition) is 1. The molecule has 0 fully saturated rings. The summed E-state index contributed by atoms with van der Waals surface area (Å²) in [6.07, 6.45) is 0.145. The van der Waals surface area contributed by atoms with Crippen LogP contribution in [0.25, 0.3) is 0 Å². The molecule has 0 aromatic heterocycles. The van der Waals surface area contributed by atoms with E-state index in [0.29, 0.717) is 12.3 Å². The first-order valence-corrected chi connectivity index (χ1v) is 9.26. The molecular formula is C18H21NO5S. The lowest BCUT2D eigenvalue weighted by atomic mass is 10.1. The molecule has 1 N–H and O–H groups in total. The molecule has 0 spiro atoms. The van der Waals surface area contributed by atoms with Gasteiger partial charge in [-0.1, -0.05) is 18.2 Å². The molecule has 2 rings (SSSR count). The summed E-state index contributed by atoms with van der Waals surface area (Å²) in [6.45, 7) is 3.88. The van der Waals surface area contributed by atoms with E-state index in [1.165, 1.54) is 7.11 Å². The van der Waals surface area contributed by atoms with Gasteiger partial charge >= 0.3 is 5.97 Å². The van der Waals surface area contributed by atoms with Crippen LogP contribution in [0.4, 0.5) is 5.69 Å². The van der Waals surface area contributed by atoms with Crippen LogP contribution in [0.5, 0.6) is 5.75 Å². The SMILES string of the molecule is CCOC(=O)Cc1ccc(NS(=O)(=O)c2cc(C)ccc2OC)cc1. The van der Waals surface area contributed by atoms with Crippen molar-refractivity contribution in [2.75, 3.05) is 18.4 Å². The van der Waals surface area contributed by atoms with Gasteiger partial charge in [0, 0.05) is 5.69 Å². The van der Waals surface area contributed by atoms with E-state index >= 15 is 0 Å². The predicted molar refractivity (Wildman–Crippen MR) is 95.3 cm³/mol. The van der Waals surface area contributed by atoms with Crippen molar-refractivity contribution in [1.29, 1.82) is 0 Å². The van der Waals surface area contributed by atoms with Crippen LogP contribution in [0.2, 0.25) is 0 Å². The smallest absolute Gasteiger partial charge is 0.310 e. The van der Waals surface area contributed by atoms with E-state index < -0.39 is 10.0 Å². The number of benzene rings is 2. The van der Waals surface area contributed by atoms with Gasteiger partial charge in [-0.05, 0) is 49.2 Å². The molecule has 0 unspecified atom stereocenters. The number of carbonyl (C=O) groups is 1. The fourth-order valence-corrected chi connectivity index (χ4v) is 3.59. The highest BCUT2D eigenvalue weighted by Gasteiger charge is 2.20. The molecule has 0 saturated heterocycles. The normalized spacial score (nSPS) is 11.0. The number of nitrogens with one attached hydrogen (secondary N) is 1. The van der Waals surface area contributed by atoms with Crippen molar-refractivity contribution in [2.45, 2.75) is 25.2 Å². The Morgan fingerprint density at radius 3 is 2.40 bits per heavy atom. The van der Waals surface area contributed by atoms with Crippen LogP contribution in [0.15, 0.2) is 47.4 Å². The summed E-state index contributed by atoms with van der Waals surface area (Å²) in [5, 5.41) is 0. The first kappa shape index (κ1) is 18.8. The molecule has 0 aliphatic heterocycles. The summed E-state index contributed by atoms with van der Waals surface area (Å²) in [5.41, 5.74) is 1.96. The summed E-state index contributed by atoms with van der Waals surface area (Å²) in [4.78, 5) is 11.5. The average molecular weight is 363 g/mol. The summed E-state index contributed by atoms with van der Waals surface area (Å²) in [6, 6.07) is 11.5. The molecule has 6 nitrogen and oxygen atoms in total. The highest BCUT2D eigenvalue weighted by molar-refractivity contribution is 7.92. The number of methoxy groups -OCH3 is 1. The maximum Gasteiger partial charge on any atom is 0.310 e. The Kier molecular flexibility index (Phi) is 6.03. The largest absolute Gasteiger partial charge is 0.495 e. The van der Waals surface area contributed by atoms with Gasteiger partial charge in [0.1, 0.15) is 10.6 Å². The first-order chi connectivity index (χ1) is 11.9. The molecule has 0 heterocycles. The van der Waals surface area contributed by atoms with E-state index in [-0.39, 0.29) is 23.0 Å². The zero-order valence-corrected chi connectivity index (χ0v) is 15.2. The minimum atomic E-state index is -3.79. The first-order valence-electron chi connectivity index (χ1n) is 7.77. The molecule has 7 heteroatoms. The second-order valence-electron chi connectivity index (χ2n) is 5.44. The number of carbonyl (C=O) groups excluding carboxylic acids is 1. The van der Waals surface area contributed by atoms with Crippen LogP contribution in [-0.2, 0) is 26.0 Å². The van der Waals surface area contributed by atoms with Crippen molar-refractivity contribution in [3.8, 4) is 5.75 Å². The van der Waals surface area contributed by atoms with Crippen LogP contribution in [-0.4, -0.2) is 28.1 Å². The van der Waals surface area contributed by atoms with Gasteiger partial charge in [-0.25, -0.2) is 8.42 Å². The second kappa shape index (κ2) is 8.02. The molecule has 0 radical (unpaired) electrons. The molecular weight excluding hydrogens is 342 g/mol. The lowest BCUT2D eigenvalue weighted by molar-refractivity contribution is -0.142. The van der Waals surface area contributed by atoms with Gasteiger partial charge in [0.25, 0.3) is 10.0 Å². The standard InChI is InChI=1S/C18H21NO5S/c1-4-24-18(20)12-14-6-8-15(9-7-14)19-25(21,22)17-11-13(2)5-10-16(17)23-3/h5-11,19H,4,12H2,1-3H3. The third-order valence-corrected chi connectivity index (χ3v) is 4.87. The van der Waals surface area contributed by atoms with Gasteiger partial charge in [0.15, 0.2) is 0 Å². The minimum absolute atomic E-state index is 0.0746. The van der Waals surface area contributed by atoms with E-state index in [0.717, 1.165) is 11.1 Å². The summed E-state index contributed by atoms with van der Waals surface area (Å²) >= 11 is 0. The van der Waals surface area contributed by atoms with Crippen LogP contribution in [0, 0.1) is 6.92 Å². The van der Waals surface area contributed by atoms with Crippen molar-refractivity contribution < 1.29 is 22.7 Å². The van der Waals surface area contributed by atoms with E-state index in [2.05, 4.69) is 4.72 Å². The molecule has 0 amide bonds. The van der Waals surface area contributed by atoms with Gasteiger partial charge in [-0.2, -0.15) is 0 Å². The van der Waals surface area contributed by atoms with Crippen molar-refractivity contribution in [3.63, 3.8) is 0 Å². The van der Waals surface area contributed by atoms with Crippen molar-refractivity contribution in [3.05, 3.63) is 53.6 Å². The Hall–Kier alpha value is -2.54. The third-order valence-electron chi connectivity index (χ3n) is 3.47. The van der Waals surface area contributed by atoms with Gasteiger partial charge in [0.05, 0.1) is 20.1 Å². The van der Waals surface area contributed by atoms with Gasteiger partial charge in [-0.15, -0.1) is 0 Å². The minimum Gasteiger partial charge on any atom is -0.495 e. The Balaban J connectivity index is 2.18. The van der Waals surface area contributed by atoms with Crippen LogP contribution < -0.4 is 9.46 Å². The predicted octanol–water partition coefficient (Wildman–Crippen LogP) is 2.91. The van der Waals surface area contributed by atoms with E-state index in [4.69, 9.17) is 9.47 Å². The summed E-state index contributed by atoms with van der Waals surface area (Å²) < 4.78 is 37.8. The maximum atomic E-state index is 12.6. The molecule has 0 bridgehead atoms. The number of sulfonamides is 1. The second-order valence-corrected chi connectivity index (χ2v) is 7.09. The number of anilines is 1. The Bertz CT molecular complexity index is 844. The van der Waals surface area contributed by atoms with Gasteiger partial charge in [-0.3, -0.25) is 9.52 Å². The van der Waals surface area contributed by atoms with Crippen LogP contribution >= 0.6 is 0 Å². The van der Waals surface area contributed by atoms with E-state index in [1.807, 2.05) is 6.92 Å². The molecule has 2 aromatic carbocycles. The van der Waals surface area contributed by atoms with E-state index in [9.17, 15) is 13.2 Å². The summed E-state index contributed by atoms with van der Waals surface area (Å²) in [5.74, 6) is -0.0441. The van der Waals surface area contributed by atoms with Crippen LogP contribution in [0.3, 0.4) is 0 Å². The monoisotopic (exact) mass is 363 g/mol. The fourth-order valence-electron chi connectivity index (χ4n) is 2.27. The topological polar surface area (TPSA) is 81.7 Å². The fraction of sp³-hybridized carbons (Fsp3) is 0.278. The molecule has 0 aliphatic rings. The number of ether oxygens (including phenoxy) is 2. The molecule has 134 valence electrons. The molecule has 0 atom stereocenters. The lowest BCUT2D eigenvalue weighted by Crippen LogP contribution is -2.14. The van der Waals surface area contributed by atoms with E-state index in [1.54, 1.807) is 49.4 Å². The Morgan fingerprint density at radius 2 is 1.80 bits per heavy atom. The number of hydrogen-bond acceptors (Lipinski definition) is 5. The summed E-state index contributed by atoms with van der Waals surface area (Å²) in [7, 11) is -2.37.